The van der Waals surface area contributed by atoms with E-state index in [2.05, 4.69) is 10.3 Å². The van der Waals surface area contributed by atoms with Gasteiger partial charge in [0.15, 0.2) is 11.5 Å². The Labute approximate surface area is 197 Å². The average molecular weight is 466 g/mol. The first-order valence-electron chi connectivity index (χ1n) is 10.6. The molecule has 1 aliphatic rings. The molecule has 1 aromatic heterocycles. The Balaban J connectivity index is 1.65. The van der Waals surface area contributed by atoms with E-state index in [4.69, 9.17) is 21.1 Å². The number of hydrogen-bond donors (Lipinski definition) is 1. The fourth-order valence-electron chi connectivity index (χ4n) is 3.92. The summed E-state index contributed by atoms with van der Waals surface area (Å²) < 4.78 is 11.1. The number of methoxy groups -OCH3 is 1. The van der Waals surface area contributed by atoms with Gasteiger partial charge in [0, 0.05) is 18.3 Å². The van der Waals surface area contributed by atoms with Crippen LogP contribution in [0.2, 0.25) is 5.02 Å². The zero-order valence-electron chi connectivity index (χ0n) is 18.4. The summed E-state index contributed by atoms with van der Waals surface area (Å²) in [6.07, 6.45) is 1.51. The van der Waals surface area contributed by atoms with Crippen LogP contribution < -0.4 is 14.8 Å². The van der Waals surface area contributed by atoms with Crippen molar-refractivity contribution in [3.63, 3.8) is 0 Å². The number of halogens is 1. The van der Waals surface area contributed by atoms with Gasteiger partial charge in [-0.25, -0.2) is 4.98 Å². The van der Waals surface area contributed by atoms with Crippen molar-refractivity contribution >= 4 is 29.2 Å². The molecule has 1 aliphatic heterocycles. The van der Waals surface area contributed by atoms with Gasteiger partial charge in [-0.05, 0) is 48.4 Å². The molecule has 0 saturated carbocycles. The van der Waals surface area contributed by atoms with E-state index < -0.39 is 6.04 Å². The Hall–Kier alpha value is -3.58. The van der Waals surface area contributed by atoms with Crippen LogP contribution in [-0.2, 0) is 11.3 Å². The molecule has 1 N–H and O–H groups in total. The predicted octanol–water partition coefficient (Wildman–Crippen LogP) is 4.87. The monoisotopic (exact) mass is 465 g/mol. The minimum Gasteiger partial charge on any atom is -0.493 e. The molecule has 0 unspecified atom stereocenters. The van der Waals surface area contributed by atoms with Crippen LogP contribution in [0.1, 0.15) is 40.9 Å². The second-order valence-corrected chi connectivity index (χ2v) is 8.00. The minimum absolute atomic E-state index is 0.0428. The van der Waals surface area contributed by atoms with Crippen molar-refractivity contribution in [1.82, 2.24) is 9.88 Å². The molecule has 2 amide bonds. The molecule has 0 aliphatic carbocycles. The van der Waals surface area contributed by atoms with Crippen molar-refractivity contribution in [3.8, 4) is 11.5 Å². The largest absolute Gasteiger partial charge is 0.493 e. The number of pyridine rings is 1. The molecule has 8 heteroatoms. The van der Waals surface area contributed by atoms with E-state index in [1.807, 2.05) is 43.3 Å². The van der Waals surface area contributed by atoms with Crippen molar-refractivity contribution in [2.75, 3.05) is 19.0 Å². The maximum absolute atomic E-state index is 13.2. The van der Waals surface area contributed by atoms with E-state index in [1.165, 1.54) is 6.20 Å². The molecular formula is C25H24ClN3O4. The van der Waals surface area contributed by atoms with Crippen LogP contribution in [0.15, 0.2) is 60.8 Å². The molecule has 4 rings (SSSR count). The molecule has 3 aromatic rings. The van der Waals surface area contributed by atoms with Gasteiger partial charge in [-0.15, -0.1) is 0 Å². The number of nitrogens with zero attached hydrogens (tertiary/aromatic N) is 2. The number of carbonyl (C=O) groups excluding carboxylic acids is 2. The highest BCUT2D eigenvalue weighted by molar-refractivity contribution is 6.30. The molecule has 0 saturated heterocycles. The number of rotatable bonds is 8. The molecule has 2 aromatic carbocycles. The lowest BCUT2D eigenvalue weighted by Crippen LogP contribution is -2.32. The Kier molecular flexibility index (Phi) is 6.79. The molecule has 170 valence electrons. The van der Waals surface area contributed by atoms with Crippen LogP contribution in [0.5, 0.6) is 11.5 Å². The number of nitrogens with one attached hydrogen (secondary N) is 1. The predicted molar refractivity (Wildman–Crippen MR) is 126 cm³/mol. The van der Waals surface area contributed by atoms with E-state index in [9.17, 15) is 9.59 Å². The third-order valence-electron chi connectivity index (χ3n) is 5.47. The highest BCUT2D eigenvalue weighted by atomic mass is 35.5. The van der Waals surface area contributed by atoms with E-state index in [0.29, 0.717) is 41.1 Å². The third kappa shape index (κ3) is 4.93. The topological polar surface area (TPSA) is 80.8 Å². The summed E-state index contributed by atoms with van der Waals surface area (Å²) in [7, 11) is 1.56. The molecule has 0 spiro atoms. The van der Waals surface area contributed by atoms with Gasteiger partial charge in [-0.1, -0.05) is 35.9 Å². The summed E-state index contributed by atoms with van der Waals surface area (Å²) in [5.41, 5.74) is 2.36. The van der Waals surface area contributed by atoms with Gasteiger partial charge in [0.1, 0.15) is 5.82 Å². The number of anilines is 1. The SMILES string of the molecule is CCOc1ccc([C@@H](CC(=O)Nc2ccc(Cl)cn2)N2Cc3ccccc3C2=O)cc1OC. The highest BCUT2D eigenvalue weighted by Gasteiger charge is 2.35. The van der Waals surface area contributed by atoms with E-state index in [1.54, 1.807) is 30.2 Å². The second kappa shape index (κ2) is 9.92. The first-order valence-corrected chi connectivity index (χ1v) is 11.0. The van der Waals surface area contributed by atoms with Crippen LogP contribution in [0.3, 0.4) is 0 Å². The fourth-order valence-corrected chi connectivity index (χ4v) is 4.03. The summed E-state index contributed by atoms with van der Waals surface area (Å²) in [5, 5.41) is 3.27. The zero-order chi connectivity index (χ0) is 23.4. The lowest BCUT2D eigenvalue weighted by molar-refractivity contribution is -0.117. The standard InChI is InChI=1S/C25H24ClN3O4/c1-3-33-21-10-8-16(12-22(21)32-2)20(13-24(30)28-23-11-9-18(26)14-27-23)29-15-17-6-4-5-7-19(17)25(29)31/h4-12,14,20H,3,13,15H2,1-2H3,(H,27,28,30)/t20-/m1/s1. The quantitative estimate of drug-likeness (QED) is 0.513. The van der Waals surface area contributed by atoms with Gasteiger partial charge < -0.3 is 19.7 Å². The van der Waals surface area contributed by atoms with Gasteiger partial charge in [0.2, 0.25) is 5.91 Å². The van der Waals surface area contributed by atoms with Crippen LogP contribution in [0.25, 0.3) is 0 Å². The van der Waals surface area contributed by atoms with E-state index in [0.717, 1.165) is 11.1 Å². The second-order valence-electron chi connectivity index (χ2n) is 7.56. The third-order valence-corrected chi connectivity index (χ3v) is 5.70. The Morgan fingerprint density at radius 3 is 2.70 bits per heavy atom. The summed E-state index contributed by atoms with van der Waals surface area (Å²) in [4.78, 5) is 32.0. The fraction of sp³-hybridized carbons (Fsp3) is 0.240. The molecule has 1 atom stereocenters. The summed E-state index contributed by atoms with van der Waals surface area (Å²) in [5.74, 6) is 1.16. The van der Waals surface area contributed by atoms with Gasteiger partial charge in [-0.3, -0.25) is 9.59 Å². The maximum Gasteiger partial charge on any atom is 0.255 e. The van der Waals surface area contributed by atoms with Gasteiger partial charge in [-0.2, -0.15) is 0 Å². The molecule has 2 heterocycles. The van der Waals surface area contributed by atoms with Gasteiger partial charge in [0.25, 0.3) is 5.91 Å². The molecule has 0 radical (unpaired) electrons. The van der Waals surface area contributed by atoms with Gasteiger partial charge >= 0.3 is 0 Å². The van der Waals surface area contributed by atoms with Crippen LogP contribution >= 0.6 is 11.6 Å². The van der Waals surface area contributed by atoms with Gasteiger partial charge in [0.05, 0.1) is 31.2 Å². The van der Waals surface area contributed by atoms with Crippen molar-refractivity contribution in [3.05, 3.63) is 82.5 Å². The van der Waals surface area contributed by atoms with Crippen molar-refractivity contribution in [1.29, 1.82) is 0 Å². The number of hydrogen-bond acceptors (Lipinski definition) is 5. The normalized spacial score (nSPS) is 13.4. The number of fused-ring (bicyclic) bond motifs is 1. The van der Waals surface area contributed by atoms with Crippen LogP contribution in [0.4, 0.5) is 5.82 Å². The molecule has 7 nitrogen and oxygen atoms in total. The van der Waals surface area contributed by atoms with Crippen LogP contribution in [0, 0.1) is 0 Å². The lowest BCUT2D eigenvalue weighted by Gasteiger charge is -2.28. The van der Waals surface area contributed by atoms with Crippen molar-refractivity contribution < 1.29 is 19.1 Å². The summed E-state index contributed by atoms with van der Waals surface area (Å²) in [6, 6.07) is 15.7. The average Bonchev–Trinajstić information content (AvgIpc) is 3.16. The van der Waals surface area contributed by atoms with Crippen molar-refractivity contribution in [2.45, 2.75) is 25.9 Å². The lowest BCUT2D eigenvalue weighted by atomic mass is 10.0. The van der Waals surface area contributed by atoms with Crippen LogP contribution in [-0.4, -0.2) is 35.4 Å². The Bertz CT molecular complexity index is 1170. The summed E-state index contributed by atoms with van der Waals surface area (Å²) >= 11 is 5.88. The molecule has 0 bridgehead atoms. The highest BCUT2D eigenvalue weighted by Crippen LogP contribution is 2.37. The van der Waals surface area contributed by atoms with E-state index >= 15 is 0 Å². The number of carbonyl (C=O) groups is 2. The summed E-state index contributed by atoms with van der Waals surface area (Å²) in [6.45, 7) is 2.81. The number of benzene rings is 2. The maximum atomic E-state index is 13.2. The number of amides is 2. The van der Waals surface area contributed by atoms with Crippen molar-refractivity contribution in [2.24, 2.45) is 0 Å². The number of ether oxygens (including phenoxy) is 2. The number of aromatic nitrogens is 1. The first-order chi connectivity index (χ1) is 16.0. The smallest absolute Gasteiger partial charge is 0.255 e. The zero-order valence-corrected chi connectivity index (χ0v) is 19.1. The van der Waals surface area contributed by atoms with E-state index in [-0.39, 0.29) is 18.2 Å². The Morgan fingerprint density at radius 2 is 2.00 bits per heavy atom. The molecule has 0 fully saturated rings. The molecular weight excluding hydrogens is 442 g/mol. The first kappa shape index (κ1) is 22.6. The minimum atomic E-state index is -0.512. The Morgan fingerprint density at radius 1 is 1.18 bits per heavy atom. The molecule has 33 heavy (non-hydrogen) atoms.